The molecule has 0 saturated carbocycles. The van der Waals surface area contributed by atoms with Crippen LogP contribution in [0.2, 0.25) is 0 Å². The first kappa shape index (κ1) is 9.76. The van der Waals surface area contributed by atoms with E-state index in [-0.39, 0.29) is 5.52 Å². The summed E-state index contributed by atoms with van der Waals surface area (Å²) in [6, 6.07) is 7.59. The Morgan fingerprint density at radius 2 is 1.80 bits per heavy atom. The van der Waals surface area contributed by atoms with Crippen LogP contribution in [0.4, 0.5) is 18.9 Å². The molecule has 2 rings (SSSR count). The fourth-order valence-electron chi connectivity index (χ4n) is 1.33. The van der Waals surface area contributed by atoms with Crippen LogP contribution in [0, 0.1) is 0 Å². The third-order valence-corrected chi connectivity index (χ3v) is 1.99. The Morgan fingerprint density at radius 1 is 1.13 bits per heavy atom. The van der Waals surface area contributed by atoms with Crippen molar-refractivity contribution in [3.8, 4) is 0 Å². The van der Waals surface area contributed by atoms with Crippen molar-refractivity contribution >= 4 is 16.6 Å². The maximum atomic E-state index is 12.4. The van der Waals surface area contributed by atoms with Gasteiger partial charge in [-0.2, -0.15) is 13.2 Å². The molecule has 0 aliphatic carbocycles. The molecule has 0 atom stereocenters. The van der Waals surface area contributed by atoms with Gasteiger partial charge in [-0.25, -0.2) is 4.98 Å². The second-order valence-electron chi connectivity index (χ2n) is 3.07. The minimum atomic E-state index is -4.57. The number of aromatic nitrogens is 1. The molecule has 0 spiro atoms. The zero-order valence-corrected chi connectivity index (χ0v) is 7.47. The number of halogens is 3. The predicted octanol–water partition coefficient (Wildman–Crippen LogP) is 3.17. The molecule has 1 heterocycles. The molecule has 0 saturated heterocycles. The lowest BCUT2D eigenvalue weighted by Crippen LogP contribution is -2.09. The summed E-state index contributed by atoms with van der Waals surface area (Å²) in [5, 5.41) is 0.538. The quantitative estimate of drug-likeness (QED) is 0.659. The van der Waals surface area contributed by atoms with Gasteiger partial charge in [0, 0.05) is 5.39 Å². The summed E-state index contributed by atoms with van der Waals surface area (Å²) in [5.41, 5.74) is 5.74. The number of hydrogen-bond acceptors (Lipinski definition) is 1. The van der Waals surface area contributed by atoms with E-state index in [2.05, 4.69) is 4.98 Å². The third-order valence-electron chi connectivity index (χ3n) is 1.99. The van der Waals surface area contributed by atoms with Crippen LogP contribution in [-0.2, 0) is 6.18 Å². The van der Waals surface area contributed by atoms with Crippen LogP contribution in [0.25, 0.3) is 10.9 Å². The van der Waals surface area contributed by atoms with Crippen molar-refractivity contribution in [3.05, 3.63) is 36.0 Å². The predicted molar refractivity (Wildman–Crippen MR) is 49.5 cm³/mol. The van der Waals surface area contributed by atoms with E-state index >= 15 is 0 Å². The van der Waals surface area contributed by atoms with Crippen LogP contribution in [0.3, 0.4) is 0 Å². The molecule has 5 heteroatoms. The number of nitrogens with zero attached hydrogens (tertiary/aromatic N) is 1. The maximum Gasteiger partial charge on any atom is 0.435 e. The van der Waals surface area contributed by atoms with Gasteiger partial charge >= 0.3 is 6.18 Å². The summed E-state index contributed by atoms with van der Waals surface area (Å²) in [4.78, 5) is 3.43. The van der Waals surface area contributed by atoms with E-state index in [0.717, 1.165) is 0 Å². The van der Waals surface area contributed by atoms with Crippen LogP contribution < -0.4 is 5.73 Å². The van der Waals surface area contributed by atoms with E-state index in [9.17, 15) is 13.2 Å². The third kappa shape index (κ3) is 1.72. The SMILES string of the molecule is [NH]c1cc2ccccc2nc1C(F)(F)F. The van der Waals surface area contributed by atoms with Crippen molar-refractivity contribution < 1.29 is 13.2 Å². The number of para-hydroxylation sites is 1. The van der Waals surface area contributed by atoms with Gasteiger partial charge in [0.25, 0.3) is 0 Å². The highest BCUT2D eigenvalue weighted by Gasteiger charge is 2.35. The van der Waals surface area contributed by atoms with Crippen molar-refractivity contribution in [2.24, 2.45) is 0 Å². The molecule has 1 radical (unpaired) electrons. The zero-order valence-electron chi connectivity index (χ0n) is 7.47. The van der Waals surface area contributed by atoms with Gasteiger partial charge in [0.15, 0.2) is 5.69 Å². The summed E-state index contributed by atoms with van der Waals surface area (Å²) in [6.45, 7) is 0. The zero-order chi connectivity index (χ0) is 11.1. The molecular formula is C10H6F3N2. The van der Waals surface area contributed by atoms with E-state index in [0.29, 0.717) is 5.39 Å². The standard InChI is InChI=1S/C10H6F3N2/c11-10(12,13)9-7(14)5-6-3-1-2-4-8(6)15-9/h1-5,14H. The Morgan fingerprint density at radius 3 is 2.47 bits per heavy atom. The summed E-state index contributed by atoms with van der Waals surface area (Å²) in [6.07, 6.45) is -4.57. The number of fused-ring (bicyclic) bond motifs is 1. The first-order valence-corrected chi connectivity index (χ1v) is 4.17. The lowest BCUT2D eigenvalue weighted by atomic mass is 10.2. The van der Waals surface area contributed by atoms with Gasteiger partial charge in [0.05, 0.1) is 11.2 Å². The number of pyridine rings is 1. The number of rotatable bonds is 0. The van der Waals surface area contributed by atoms with Gasteiger partial charge in [0.2, 0.25) is 0 Å². The highest BCUT2D eigenvalue weighted by molar-refractivity contribution is 5.81. The van der Waals surface area contributed by atoms with Crippen molar-refractivity contribution in [3.63, 3.8) is 0 Å². The molecule has 77 valence electrons. The molecule has 2 aromatic rings. The Labute approximate surface area is 83.5 Å². The number of nitrogens with one attached hydrogen (secondary N) is 1. The van der Waals surface area contributed by atoms with Crippen molar-refractivity contribution in [1.82, 2.24) is 10.7 Å². The second kappa shape index (κ2) is 3.12. The Balaban J connectivity index is 2.73. The number of benzene rings is 1. The Bertz CT molecular complexity index is 505. The average Bonchev–Trinajstić information content (AvgIpc) is 2.15. The summed E-state index contributed by atoms with van der Waals surface area (Å²) in [5.74, 6) is 0. The van der Waals surface area contributed by atoms with E-state index in [4.69, 9.17) is 5.73 Å². The van der Waals surface area contributed by atoms with E-state index in [1.807, 2.05) is 0 Å². The molecule has 2 nitrogen and oxygen atoms in total. The van der Waals surface area contributed by atoms with Crippen LogP contribution in [0.15, 0.2) is 30.3 Å². The van der Waals surface area contributed by atoms with Crippen molar-refractivity contribution in [2.75, 3.05) is 0 Å². The maximum absolute atomic E-state index is 12.4. The largest absolute Gasteiger partial charge is 0.435 e. The molecular weight excluding hydrogens is 205 g/mol. The first-order chi connectivity index (χ1) is 6.98. The lowest BCUT2D eigenvalue weighted by Gasteiger charge is -2.09. The van der Waals surface area contributed by atoms with Crippen LogP contribution in [0.1, 0.15) is 5.69 Å². The minimum absolute atomic E-state index is 0.251. The van der Waals surface area contributed by atoms with Crippen LogP contribution >= 0.6 is 0 Å². The van der Waals surface area contributed by atoms with Gasteiger partial charge in [-0.1, -0.05) is 18.2 Å². The molecule has 15 heavy (non-hydrogen) atoms. The molecule has 0 aliphatic heterocycles. The molecule has 1 aromatic carbocycles. The van der Waals surface area contributed by atoms with E-state index < -0.39 is 17.6 Å². The Hall–Kier alpha value is -1.78. The number of alkyl halides is 3. The molecule has 0 amide bonds. The molecule has 0 bridgehead atoms. The molecule has 0 aliphatic rings. The number of hydrogen-bond donors (Lipinski definition) is 0. The van der Waals surface area contributed by atoms with Crippen molar-refractivity contribution in [2.45, 2.75) is 6.18 Å². The van der Waals surface area contributed by atoms with Gasteiger partial charge in [-0.05, 0) is 12.1 Å². The smallest absolute Gasteiger partial charge is 0.299 e. The van der Waals surface area contributed by atoms with Gasteiger partial charge in [-0.3, -0.25) is 5.73 Å². The van der Waals surface area contributed by atoms with E-state index in [1.165, 1.54) is 12.1 Å². The van der Waals surface area contributed by atoms with Crippen molar-refractivity contribution in [1.29, 1.82) is 0 Å². The Kier molecular flexibility index (Phi) is 2.03. The topological polar surface area (TPSA) is 36.7 Å². The molecule has 1 N–H and O–H groups in total. The van der Waals surface area contributed by atoms with Gasteiger partial charge in [0.1, 0.15) is 0 Å². The molecule has 0 fully saturated rings. The van der Waals surface area contributed by atoms with Crippen LogP contribution in [-0.4, -0.2) is 4.98 Å². The summed E-state index contributed by atoms with van der Waals surface area (Å²) in [7, 11) is 0. The highest BCUT2D eigenvalue weighted by atomic mass is 19.4. The normalized spacial score (nSPS) is 11.9. The molecule has 0 unspecified atom stereocenters. The fraction of sp³-hybridized carbons (Fsp3) is 0.100. The van der Waals surface area contributed by atoms with E-state index in [1.54, 1.807) is 18.2 Å². The first-order valence-electron chi connectivity index (χ1n) is 4.17. The fourth-order valence-corrected chi connectivity index (χ4v) is 1.33. The summed E-state index contributed by atoms with van der Waals surface area (Å²) < 4.78 is 37.2. The molecule has 1 aromatic heterocycles. The highest BCUT2D eigenvalue weighted by Crippen LogP contribution is 2.34. The lowest BCUT2D eigenvalue weighted by molar-refractivity contribution is -0.140. The minimum Gasteiger partial charge on any atom is -0.299 e. The summed E-state index contributed by atoms with van der Waals surface area (Å²) >= 11 is 0. The second-order valence-corrected chi connectivity index (χ2v) is 3.07. The monoisotopic (exact) mass is 211 g/mol. The van der Waals surface area contributed by atoms with Gasteiger partial charge in [-0.15, -0.1) is 0 Å². The average molecular weight is 211 g/mol. The van der Waals surface area contributed by atoms with Gasteiger partial charge < -0.3 is 0 Å². The van der Waals surface area contributed by atoms with Crippen LogP contribution in [0.5, 0.6) is 0 Å².